The number of benzene rings is 1. The first-order valence-corrected chi connectivity index (χ1v) is 6.36. The van der Waals surface area contributed by atoms with Crippen molar-refractivity contribution in [3.05, 3.63) is 48.0 Å². The van der Waals surface area contributed by atoms with Gasteiger partial charge in [0.05, 0.1) is 5.75 Å². The summed E-state index contributed by atoms with van der Waals surface area (Å²) in [6.45, 7) is 0. The van der Waals surface area contributed by atoms with Crippen LogP contribution in [0.5, 0.6) is 0 Å². The summed E-state index contributed by atoms with van der Waals surface area (Å²) in [5.41, 5.74) is 0.362. The van der Waals surface area contributed by atoms with Gasteiger partial charge in [-0.05, 0) is 17.7 Å². The molecule has 0 saturated carbocycles. The Morgan fingerprint density at radius 2 is 2.18 bits per heavy atom. The number of hydrogen-bond donors (Lipinski definition) is 1. The molecular formula is C10H9FN2O3S. The minimum Gasteiger partial charge on any atom is -0.363 e. The van der Waals surface area contributed by atoms with E-state index in [1.807, 2.05) is 0 Å². The first-order valence-electron chi connectivity index (χ1n) is 4.70. The molecule has 1 heterocycles. The normalized spacial score (nSPS) is 11.4. The van der Waals surface area contributed by atoms with Gasteiger partial charge in [-0.15, -0.1) is 0 Å². The topological polar surface area (TPSA) is 72.2 Å². The Balaban J connectivity index is 2.12. The van der Waals surface area contributed by atoms with Gasteiger partial charge in [-0.3, -0.25) is 4.72 Å². The molecule has 0 spiro atoms. The first kappa shape index (κ1) is 11.6. The molecule has 0 atom stereocenters. The van der Waals surface area contributed by atoms with Crippen molar-refractivity contribution >= 4 is 15.8 Å². The van der Waals surface area contributed by atoms with Gasteiger partial charge in [0.15, 0.2) is 5.82 Å². The summed E-state index contributed by atoms with van der Waals surface area (Å²) < 4.78 is 42.9. The van der Waals surface area contributed by atoms with Crippen LogP contribution in [0.15, 0.2) is 41.1 Å². The Kier molecular flexibility index (Phi) is 3.10. The fourth-order valence-corrected chi connectivity index (χ4v) is 2.42. The molecule has 0 radical (unpaired) electrons. The molecule has 2 aromatic rings. The molecule has 1 aromatic carbocycles. The summed E-state index contributed by atoms with van der Waals surface area (Å²) in [6, 6.07) is 6.79. The second kappa shape index (κ2) is 4.54. The van der Waals surface area contributed by atoms with Crippen LogP contribution in [-0.2, 0) is 15.8 Å². The number of nitrogens with zero attached hydrogens (tertiary/aromatic N) is 1. The lowest BCUT2D eigenvalue weighted by molar-refractivity contribution is 0.423. The quantitative estimate of drug-likeness (QED) is 0.904. The summed E-state index contributed by atoms with van der Waals surface area (Å²) in [6.07, 6.45) is 1.25. The number of sulfonamides is 1. The van der Waals surface area contributed by atoms with Crippen LogP contribution in [0.3, 0.4) is 0 Å². The average molecular weight is 256 g/mol. The van der Waals surface area contributed by atoms with Crippen LogP contribution in [0, 0.1) is 5.82 Å². The third-order valence-electron chi connectivity index (χ3n) is 1.94. The Labute approximate surface area is 97.3 Å². The van der Waals surface area contributed by atoms with Gasteiger partial charge in [0, 0.05) is 6.07 Å². The average Bonchev–Trinajstić information content (AvgIpc) is 2.68. The fourth-order valence-electron chi connectivity index (χ4n) is 1.31. The smallest absolute Gasteiger partial charge is 0.238 e. The van der Waals surface area contributed by atoms with Crippen LogP contribution in [-0.4, -0.2) is 13.6 Å². The molecule has 0 saturated heterocycles. The van der Waals surface area contributed by atoms with E-state index in [1.165, 1.54) is 36.6 Å². The van der Waals surface area contributed by atoms with Gasteiger partial charge in [-0.25, -0.2) is 12.8 Å². The monoisotopic (exact) mass is 256 g/mol. The predicted octanol–water partition coefficient (Wildman–Crippen LogP) is 1.76. The predicted molar refractivity (Wildman–Crippen MR) is 59.1 cm³/mol. The molecular weight excluding hydrogens is 247 g/mol. The maximum Gasteiger partial charge on any atom is 0.238 e. The summed E-state index contributed by atoms with van der Waals surface area (Å²) in [7, 11) is -3.61. The van der Waals surface area contributed by atoms with Crippen molar-refractivity contribution in [2.24, 2.45) is 0 Å². The lowest BCUT2D eigenvalue weighted by atomic mass is 10.2. The standard InChI is InChI=1S/C10H9FN2O3S/c11-9-3-1-2-8(6-9)7-17(14,15)13-10-4-5-16-12-10/h1-6H,7H2,(H,12,13). The van der Waals surface area contributed by atoms with E-state index in [1.54, 1.807) is 0 Å². The Hall–Kier alpha value is -1.89. The molecule has 0 unspecified atom stereocenters. The summed E-state index contributed by atoms with van der Waals surface area (Å²) in [5, 5.41) is 3.42. The first-order chi connectivity index (χ1) is 8.05. The van der Waals surface area contributed by atoms with Crippen molar-refractivity contribution in [3.8, 4) is 0 Å². The molecule has 7 heteroatoms. The van der Waals surface area contributed by atoms with Gasteiger partial charge < -0.3 is 4.52 Å². The van der Waals surface area contributed by atoms with E-state index in [0.29, 0.717) is 5.56 Å². The maximum absolute atomic E-state index is 12.9. The van der Waals surface area contributed by atoms with Gasteiger partial charge in [-0.2, -0.15) is 0 Å². The molecule has 2 rings (SSSR count). The van der Waals surface area contributed by atoms with Crippen molar-refractivity contribution in [1.82, 2.24) is 5.16 Å². The molecule has 0 amide bonds. The highest BCUT2D eigenvalue weighted by Crippen LogP contribution is 2.11. The van der Waals surface area contributed by atoms with Crippen LogP contribution in [0.2, 0.25) is 0 Å². The lowest BCUT2D eigenvalue weighted by Gasteiger charge is -2.04. The van der Waals surface area contributed by atoms with Crippen molar-refractivity contribution in [1.29, 1.82) is 0 Å². The van der Waals surface area contributed by atoms with E-state index in [0.717, 1.165) is 0 Å². The molecule has 1 aromatic heterocycles. The molecule has 90 valence electrons. The highest BCUT2D eigenvalue weighted by atomic mass is 32.2. The number of hydrogen-bond acceptors (Lipinski definition) is 4. The zero-order valence-electron chi connectivity index (χ0n) is 8.63. The van der Waals surface area contributed by atoms with Crippen molar-refractivity contribution < 1.29 is 17.3 Å². The third-order valence-corrected chi connectivity index (χ3v) is 3.18. The number of nitrogens with one attached hydrogen (secondary N) is 1. The van der Waals surface area contributed by atoms with E-state index < -0.39 is 15.8 Å². The van der Waals surface area contributed by atoms with Crippen molar-refractivity contribution in [2.45, 2.75) is 5.75 Å². The van der Waals surface area contributed by atoms with E-state index in [-0.39, 0.29) is 11.6 Å². The zero-order chi connectivity index (χ0) is 12.3. The Morgan fingerprint density at radius 1 is 1.35 bits per heavy atom. The Bertz CT molecular complexity index is 596. The lowest BCUT2D eigenvalue weighted by Crippen LogP contribution is -2.15. The highest BCUT2D eigenvalue weighted by Gasteiger charge is 2.13. The SMILES string of the molecule is O=S(=O)(Cc1cccc(F)c1)Nc1ccon1. The number of aromatic nitrogens is 1. The molecule has 0 bridgehead atoms. The molecule has 1 N–H and O–H groups in total. The molecule has 0 fully saturated rings. The molecule has 17 heavy (non-hydrogen) atoms. The highest BCUT2D eigenvalue weighted by molar-refractivity contribution is 7.91. The van der Waals surface area contributed by atoms with Crippen LogP contribution in [0.4, 0.5) is 10.2 Å². The minimum atomic E-state index is -3.61. The fraction of sp³-hybridized carbons (Fsp3) is 0.100. The molecule has 5 nitrogen and oxygen atoms in total. The minimum absolute atomic E-state index is 0.0985. The van der Waals surface area contributed by atoms with Gasteiger partial charge in [-0.1, -0.05) is 17.3 Å². The van der Waals surface area contributed by atoms with Gasteiger partial charge >= 0.3 is 0 Å². The molecule has 0 aliphatic carbocycles. The summed E-state index contributed by atoms with van der Waals surface area (Å²) in [4.78, 5) is 0. The van der Waals surface area contributed by atoms with E-state index in [9.17, 15) is 12.8 Å². The Morgan fingerprint density at radius 3 is 2.82 bits per heavy atom. The van der Waals surface area contributed by atoms with E-state index in [2.05, 4.69) is 14.4 Å². The van der Waals surface area contributed by atoms with E-state index in [4.69, 9.17) is 0 Å². The second-order valence-corrected chi connectivity index (χ2v) is 5.10. The van der Waals surface area contributed by atoms with Crippen molar-refractivity contribution in [3.63, 3.8) is 0 Å². The van der Waals surface area contributed by atoms with Crippen LogP contribution < -0.4 is 4.72 Å². The number of halogens is 1. The van der Waals surface area contributed by atoms with Crippen LogP contribution in [0.25, 0.3) is 0 Å². The maximum atomic E-state index is 12.9. The third kappa shape index (κ3) is 3.28. The van der Waals surface area contributed by atoms with Crippen LogP contribution >= 0.6 is 0 Å². The number of anilines is 1. The second-order valence-electron chi connectivity index (χ2n) is 3.38. The van der Waals surface area contributed by atoms with Gasteiger partial charge in [0.1, 0.15) is 12.1 Å². The van der Waals surface area contributed by atoms with Crippen LogP contribution in [0.1, 0.15) is 5.56 Å². The zero-order valence-corrected chi connectivity index (χ0v) is 9.45. The van der Waals surface area contributed by atoms with Gasteiger partial charge in [0.25, 0.3) is 0 Å². The van der Waals surface area contributed by atoms with E-state index >= 15 is 0 Å². The summed E-state index contributed by atoms with van der Waals surface area (Å²) in [5.74, 6) is -0.696. The molecule has 0 aliphatic rings. The number of rotatable bonds is 4. The van der Waals surface area contributed by atoms with Crippen molar-refractivity contribution in [2.75, 3.05) is 4.72 Å². The molecule has 0 aliphatic heterocycles. The van der Waals surface area contributed by atoms with Gasteiger partial charge in [0.2, 0.25) is 10.0 Å². The largest absolute Gasteiger partial charge is 0.363 e. The summed E-state index contributed by atoms with van der Waals surface area (Å²) >= 11 is 0.